The summed E-state index contributed by atoms with van der Waals surface area (Å²) in [5.74, 6) is 1.86. The number of hydrogen-bond acceptors (Lipinski definition) is 5. The van der Waals surface area contributed by atoms with Crippen molar-refractivity contribution in [2.45, 2.75) is 20.4 Å². The highest BCUT2D eigenvalue weighted by molar-refractivity contribution is 5.68. The van der Waals surface area contributed by atoms with Crippen molar-refractivity contribution in [3.8, 4) is 39.8 Å². The van der Waals surface area contributed by atoms with Crippen LogP contribution in [0.25, 0.3) is 34.1 Å². The third-order valence-electron chi connectivity index (χ3n) is 4.27. The van der Waals surface area contributed by atoms with Gasteiger partial charge in [0, 0.05) is 29.4 Å². The summed E-state index contributed by atoms with van der Waals surface area (Å²) in [6, 6.07) is 17.7. The van der Waals surface area contributed by atoms with Crippen molar-refractivity contribution in [1.29, 1.82) is 0 Å². The van der Waals surface area contributed by atoms with Gasteiger partial charge in [-0.3, -0.25) is 4.68 Å². The highest BCUT2D eigenvalue weighted by Gasteiger charge is 2.12. The van der Waals surface area contributed by atoms with Gasteiger partial charge in [0.05, 0.1) is 12.3 Å². The average molecular weight is 360 g/mol. The standard InChI is InChI=1S/C21H20N4O2/c1-3-25-19(12-13-22-25)16-6-5-7-17(14-16)20-23-21(27-24-20)15-8-10-18(11-9-15)26-4-2/h5-14H,3-4H2,1-2H3. The Hall–Kier alpha value is -3.41. The van der Waals surface area contributed by atoms with Crippen LogP contribution in [0.2, 0.25) is 0 Å². The van der Waals surface area contributed by atoms with Crippen molar-refractivity contribution in [3.05, 3.63) is 60.8 Å². The number of hydrogen-bond donors (Lipinski definition) is 0. The van der Waals surface area contributed by atoms with E-state index < -0.39 is 0 Å². The van der Waals surface area contributed by atoms with Crippen LogP contribution in [0.3, 0.4) is 0 Å². The summed E-state index contributed by atoms with van der Waals surface area (Å²) < 4.78 is 12.9. The SMILES string of the molecule is CCOc1ccc(-c2nc(-c3cccc(-c4ccnn4CC)c3)no2)cc1. The lowest BCUT2D eigenvalue weighted by atomic mass is 10.1. The van der Waals surface area contributed by atoms with Crippen molar-refractivity contribution >= 4 is 0 Å². The average Bonchev–Trinajstić information content (AvgIpc) is 3.38. The van der Waals surface area contributed by atoms with E-state index in [1.54, 1.807) is 0 Å². The molecule has 0 amide bonds. The fourth-order valence-electron chi connectivity index (χ4n) is 2.97. The summed E-state index contributed by atoms with van der Waals surface area (Å²) in [5.41, 5.74) is 3.89. The smallest absolute Gasteiger partial charge is 0.258 e. The van der Waals surface area contributed by atoms with E-state index in [4.69, 9.17) is 9.26 Å². The number of aryl methyl sites for hydroxylation is 1. The first kappa shape index (κ1) is 17.0. The molecule has 0 N–H and O–H groups in total. The molecule has 0 aliphatic rings. The first-order chi connectivity index (χ1) is 13.3. The number of aromatic nitrogens is 4. The molecule has 4 aromatic rings. The largest absolute Gasteiger partial charge is 0.494 e. The van der Waals surface area contributed by atoms with E-state index in [9.17, 15) is 0 Å². The molecule has 27 heavy (non-hydrogen) atoms. The monoisotopic (exact) mass is 360 g/mol. The van der Waals surface area contributed by atoms with Gasteiger partial charge in [0.25, 0.3) is 5.89 Å². The van der Waals surface area contributed by atoms with Crippen LogP contribution < -0.4 is 4.74 Å². The first-order valence-electron chi connectivity index (χ1n) is 8.98. The van der Waals surface area contributed by atoms with Crippen molar-refractivity contribution in [3.63, 3.8) is 0 Å². The van der Waals surface area contributed by atoms with E-state index >= 15 is 0 Å². The molecule has 0 aliphatic heterocycles. The van der Waals surface area contributed by atoms with E-state index in [1.807, 2.05) is 60.3 Å². The van der Waals surface area contributed by atoms with Gasteiger partial charge < -0.3 is 9.26 Å². The molecule has 0 fully saturated rings. The van der Waals surface area contributed by atoms with E-state index in [0.717, 1.165) is 34.7 Å². The lowest BCUT2D eigenvalue weighted by Gasteiger charge is -2.05. The maximum atomic E-state index is 5.46. The third-order valence-corrected chi connectivity index (χ3v) is 4.27. The second-order valence-electron chi connectivity index (χ2n) is 5.99. The highest BCUT2D eigenvalue weighted by Crippen LogP contribution is 2.27. The Morgan fingerprint density at radius 3 is 2.56 bits per heavy atom. The molecule has 0 saturated carbocycles. The Morgan fingerprint density at radius 2 is 1.78 bits per heavy atom. The van der Waals surface area contributed by atoms with Gasteiger partial charge in [-0.25, -0.2) is 0 Å². The Balaban J connectivity index is 1.63. The lowest BCUT2D eigenvalue weighted by molar-refractivity contribution is 0.340. The molecule has 6 nitrogen and oxygen atoms in total. The molecule has 0 saturated heterocycles. The van der Waals surface area contributed by atoms with Crippen molar-refractivity contribution in [2.75, 3.05) is 6.61 Å². The van der Waals surface area contributed by atoms with Gasteiger partial charge in [-0.05, 0) is 50.2 Å². The van der Waals surface area contributed by atoms with Crippen molar-refractivity contribution < 1.29 is 9.26 Å². The zero-order chi connectivity index (χ0) is 18.6. The minimum absolute atomic E-state index is 0.483. The molecule has 0 atom stereocenters. The number of benzene rings is 2. The zero-order valence-corrected chi connectivity index (χ0v) is 15.3. The summed E-state index contributed by atoms with van der Waals surface area (Å²) in [7, 11) is 0. The lowest BCUT2D eigenvalue weighted by Crippen LogP contribution is -1.98. The van der Waals surface area contributed by atoms with Crippen molar-refractivity contribution in [2.24, 2.45) is 0 Å². The highest BCUT2D eigenvalue weighted by atomic mass is 16.5. The first-order valence-corrected chi connectivity index (χ1v) is 8.98. The minimum Gasteiger partial charge on any atom is -0.494 e. The molecular weight excluding hydrogens is 340 g/mol. The molecule has 4 rings (SSSR count). The van der Waals surface area contributed by atoms with Crippen LogP contribution in [0, 0.1) is 0 Å². The van der Waals surface area contributed by atoms with Gasteiger partial charge in [0.1, 0.15) is 5.75 Å². The number of nitrogens with zero attached hydrogens (tertiary/aromatic N) is 4. The number of rotatable bonds is 6. The fraction of sp³-hybridized carbons (Fsp3) is 0.190. The molecule has 0 bridgehead atoms. The Bertz CT molecular complexity index is 1030. The Morgan fingerprint density at radius 1 is 0.963 bits per heavy atom. The summed E-state index contributed by atoms with van der Waals surface area (Å²) in [5, 5.41) is 8.48. The molecule has 0 radical (unpaired) electrons. The molecule has 2 aromatic heterocycles. The summed E-state index contributed by atoms with van der Waals surface area (Å²) in [6.45, 7) is 5.48. The Kier molecular flexibility index (Phi) is 4.70. The van der Waals surface area contributed by atoms with E-state index in [0.29, 0.717) is 18.3 Å². The summed E-state index contributed by atoms with van der Waals surface area (Å²) >= 11 is 0. The zero-order valence-electron chi connectivity index (χ0n) is 15.3. The van der Waals surface area contributed by atoms with Crippen LogP contribution in [0.15, 0.2) is 65.3 Å². The maximum absolute atomic E-state index is 5.46. The van der Waals surface area contributed by atoms with Crippen molar-refractivity contribution in [1.82, 2.24) is 19.9 Å². The second kappa shape index (κ2) is 7.45. The Labute approximate surface area is 157 Å². The maximum Gasteiger partial charge on any atom is 0.258 e. The van der Waals surface area contributed by atoms with E-state index in [2.05, 4.69) is 34.3 Å². The van der Waals surface area contributed by atoms with Gasteiger partial charge in [-0.2, -0.15) is 10.1 Å². The molecule has 6 heteroatoms. The molecule has 136 valence electrons. The molecular formula is C21H20N4O2. The van der Waals surface area contributed by atoms with Crippen LogP contribution in [0.4, 0.5) is 0 Å². The van der Waals surface area contributed by atoms with Crippen LogP contribution in [-0.2, 0) is 6.54 Å². The molecule has 2 aromatic carbocycles. The third kappa shape index (κ3) is 3.46. The predicted molar refractivity (Wildman–Crippen MR) is 103 cm³/mol. The molecule has 0 spiro atoms. The quantitative estimate of drug-likeness (QED) is 0.499. The van der Waals surface area contributed by atoms with Gasteiger partial charge in [-0.1, -0.05) is 23.4 Å². The normalized spacial score (nSPS) is 10.9. The fourth-order valence-corrected chi connectivity index (χ4v) is 2.97. The van der Waals surface area contributed by atoms with E-state index in [1.165, 1.54) is 0 Å². The molecule has 0 aliphatic carbocycles. The second-order valence-corrected chi connectivity index (χ2v) is 5.99. The summed E-state index contributed by atoms with van der Waals surface area (Å²) in [6.07, 6.45) is 1.81. The van der Waals surface area contributed by atoms with Gasteiger partial charge >= 0.3 is 0 Å². The van der Waals surface area contributed by atoms with Gasteiger partial charge in [-0.15, -0.1) is 0 Å². The van der Waals surface area contributed by atoms with Gasteiger partial charge in [0.2, 0.25) is 5.82 Å². The topological polar surface area (TPSA) is 66.0 Å². The van der Waals surface area contributed by atoms with Crippen LogP contribution in [-0.4, -0.2) is 26.5 Å². The van der Waals surface area contributed by atoms with Gasteiger partial charge in [0.15, 0.2) is 0 Å². The van der Waals surface area contributed by atoms with E-state index in [-0.39, 0.29) is 0 Å². The summed E-state index contributed by atoms with van der Waals surface area (Å²) in [4.78, 5) is 4.55. The number of ether oxygens (including phenoxy) is 1. The molecule has 2 heterocycles. The van der Waals surface area contributed by atoms with Crippen LogP contribution in [0.5, 0.6) is 5.75 Å². The van der Waals surface area contributed by atoms with Crippen LogP contribution in [0.1, 0.15) is 13.8 Å². The van der Waals surface area contributed by atoms with Crippen LogP contribution >= 0.6 is 0 Å². The minimum atomic E-state index is 0.483. The molecule has 0 unspecified atom stereocenters. The predicted octanol–water partition coefficient (Wildman–Crippen LogP) is 4.69.